The number of aromatic nitrogens is 1. The maximum atomic E-state index is 4.47. The van der Waals surface area contributed by atoms with Crippen LogP contribution in [0.3, 0.4) is 0 Å². The Bertz CT molecular complexity index is 520. The molecule has 1 aromatic heterocycles. The van der Waals surface area contributed by atoms with Crippen molar-refractivity contribution >= 4 is 16.6 Å². The highest BCUT2D eigenvalue weighted by atomic mass is 14.9. The van der Waals surface area contributed by atoms with E-state index < -0.39 is 0 Å². The number of hydrogen-bond donors (Lipinski definition) is 1. The molecule has 2 rings (SSSR count). The number of nitrogens with zero attached hydrogens (tertiary/aromatic N) is 1. The molecule has 0 saturated carbocycles. The van der Waals surface area contributed by atoms with E-state index in [1.54, 1.807) is 0 Å². The van der Waals surface area contributed by atoms with Gasteiger partial charge in [0.05, 0.1) is 5.52 Å². The van der Waals surface area contributed by atoms with E-state index in [-0.39, 0.29) is 0 Å². The molecule has 2 nitrogen and oxygen atoms in total. The summed E-state index contributed by atoms with van der Waals surface area (Å²) in [5, 5.41) is 4.78. The van der Waals surface area contributed by atoms with Gasteiger partial charge in [0.2, 0.25) is 0 Å². The van der Waals surface area contributed by atoms with Crippen molar-refractivity contribution in [2.45, 2.75) is 46.0 Å². The number of pyridine rings is 1. The van der Waals surface area contributed by atoms with Gasteiger partial charge in [-0.3, -0.25) is 4.98 Å². The van der Waals surface area contributed by atoms with Gasteiger partial charge in [0.25, 0.3) is 0 Å². The Morgan fingerprint density at radius 1 is 1.05 bits per heavy atom. The zero-order valence-corrected chi connectivity index (χ0v) is 12.1. The van der Waals surface area contributed by atoms with E-state index in [0.717, 1.165) is 12.1 Å². The summed E-state index contributed by atoms with van der Waals surface area (Å²) in [6.45, 7) is 5.42. The second-order valence-electron chi connectivity index (χ2n) is 5.17. The first kappa shape index (κ1) is 13.9. The van der Waals surface area contributed by atoms with E-state index >= 15 is 0 Å². The monoisotopic (exact) mass is 256 g/mol. The lowest BCUT2D eigenvalue weighted by molar-refractivity contribution is 0.645. The molecule has 1 heterocycles. The van der Waals surface area contributed by atoms with E-state index in [2.05, 4.69) is 42.3 Å². The highest BCUT2D eigenvalue weighted by Gasteiger charge is 2.03. The molecule has 2 heteroatoms. The summed E-state index contributed by atoms with van der Waals surface area (Å²) in [4.78, 5) is 4.47. The number of unbranched alkanes of at least 4 members (excludes halogenated alkanes) is 4. The molecule has 19 heavy (non-hydrogen) atoms. The highest BCUT2D eigenvalue weighted by Crippen LogP contribution is 2.24. The Hall–Kier alpha value is -1.57. The van der Waals surface area contributed by atoms with Gasteiger partial charge in [-0.2, -0.15) is 0 Å². The number of fused-ring (bicyclic) bond motifs is 1. The van der Waals surface area contributed by atoms with Crippen LogP contribution in [0.1, 0.15) is 44.6 Å². The standard InChI is InChI=1S/C17H24N2/c1-3-4-5-6-7-12-18-16-11-10-14(2)17-15(16)9-8-13-19-17/h8-11,13,18H,3-7,12H2,1-2H3. The number of hydrogen-bond acceptors (Lipinski definition) is 2. The molecule has 0 unspecified atom stereocenters. The molecule has 0 aliphatic rings. The smallest absolute Gasteiger partial charge is 0.0751 e. The predicted octanol–water partition coefficient (Wildman–Crippen LogP) is 4.93. The fourth-order valence-electron chi connectivity index (χ4n) is 2.42. The van der Waals surface area contributed by atoms with E-state index in [1.807, 2.05) is 12.3 Å². The van der Waals surface area contributed by atoms with Crippen LogP contribution >= 0.6 is 0 Å². The van der Waals surface area contributed by atoms with Crippen molar-refractivity contribution in [3.63, 3.8) is 0 Å². The Morgan fingerprint density at radius 2 is 1.89 bits per heavy atom. The molecule has 0 spiro atoms. The summed E-state index contributed by atoms with van der Waals surface area (Å²) in [5.74, 6) is 0. The van der Waals surface area contributed by atoms with Crippen LogP contribution in [-0.2, 0) is 0 Å². The largest absolute Gasteiger partial charge is 0.384 e. The number of rotatable bonds is 7. The maximum absolute atomic E-state index is 4.47. The van der Waals surface area contributed by atoms with Crippen LogP contribution in [0.4, 0.5) is 5.69 Å². The second-order valence-corrected chi connectivity index (χ2v) is 5.17. The van der Waals surface area contributed by atoms with E-state index in [4.69, 9.17) is 0 Å². The average molecular weight is 256 g/mol. The normalized spacial score (nSPS) is 10.8. The molecule has 0 aliphatic heterocycles. The minimum atomic E-state index is 1.05. The topological polar surface area (TPSA) is 24.9 Å². The van der Waals surface area contributed by atoms with Gasteiger partial charge in [0, 0.05) is 23.8 Å². The molecule has 2 aromatic rings. The lowest BCUT2D eigenvalue weighted by Gasteiger charge is -2.10. The van der Waals surface area contributed by atoms with Crippen molar-refractivity contribution in [1.82, 2.24) is 4.98 Å². The Morgan fingerprint density at radius 3 is 2.74 bits per heavy atom. The summed E-state index contributed by atoms with van der Waals surface area (Å²) in [6.07, 6.45) is 8.45. The van der Waals surface area contributed by atoms with Crippen molar-refractivity contribution in [1.29, 1.82) is 0 Å². The van der Waals surface area contributed by atoms with Gasteiger partial charge < -0.3 is 5.32 Å². The van der Waals surface area contributed by atoms with Crippen LogP contribution in [-0.4, -0.2) is 11.5 Å². The molecule has 0 aliphatic carbocycles. The first-order chi connectivity index (χ1) is 9.33. The average Bonchev–Trinajstić information content (AvgIpc) is 2.45. The molecule has 0 radical (unpaired) electrons. The van der Waals surface area contributed by atoms with Crippen LogP contribution in [0.5, 0.6) is 0 Å². The molecular formula is C17H24N2. The minimum absolute atomic E-state index is 1.05. The SMILES string of the molecule is CCCCCCCNc1ccc(C)c2ncccc12. The van der Waals surface area contributed by atoms with Crippen molar-refractivity contribution in [2.24, 2.45) is 0 Å². The quantitative estimate of drug-likeness (QED) is 0.711. The third kappa shape index (κ3) is 3.69. The van der Waals surface area contributed by atoms with Crippen LogP contribution < -0.4 is 5.32 Å². The fourth-order valence-corrected chi connectivity index (χ4v) is 2.42. The Kier molecular flexibility index (Phi) is 5.20. The predicted molar refractivity (Wildman–Crippen MR) is 83.7 cm³/mol. The number of anilines is 1. The van der Waals surface area contributed by atoms with Gasteiger partial charge >= 0.3 is 0 Å². The van der Waals surface area contributed by atoms with Gasteiger partial charge in [-0.05, 0) is 37.1 Å². The molecule has 0 fully saturated rings. The molecule has 1 N–H and O–H groups in total. The van der Waals surface area contributed by atoms with Crippen LogP contribution in [0.15, 0.2) is 30.5 Å². The molecule has 1 aromatic carbocycles. The van der Waals surface area contributed by atoms with E-state index in [9.17, 15) is 0 Å². The summed E-state index contributed by atoms with van der Waals surface area (Å²) in [7, 11) is 0. The van der Waals surface area contributed by atoms with Crippen LogP contribution in [0.2, 0.25) is 0 Å². The molecule has 0 saturated heterocycles. The number of aryl methyl sites for hydroxylation is 1. The fraction of sp³-hybridized carbons (Fsp3) is 0.471. The van der Waals surface area contributed by atoms with Crippen LogP contribution in [0, 0.1) is 6.92 Å². The zero-order valence-electron chi connectivity index (χ0n) is 12.1. The maximum Gasteiger partial charge on any atom is 0.0751 e. The summed E-state index contributed by atoms with van der Waals surface area (Å²) < 4.78 is 0. The van der Waals surface area contributed by atoms with Gasteiger partial charge in [-0.1, -0.05) is 38.7 Å². The van der Waals surface area contributed by atoms with E-state index in [1.165, 1.54) is 48.7 Å². The van der Waals surface area contributed by atoms with Crippen LogP contribution in [0.25, 0.3) is 10.9 Å². The first-order valence-electron chi connectivity index (χ1n) is 7.41. The summed E-state index contributed by atoms with van der Waals surface area (Å²) in [6, 6.07) is 8.48. The minimum Gasteiger partial charge on any atom is -0.384 e. The van der Waals surface area contributed by atoms with Crippen molar-refractivity contribution < 1.29 is 0 Å². The van der Waals surface area contributed by atoms with Crippen molar-refractivity contribution in [3.05, 3.63) is 36.0 Å². The van der Waals surface area contributed by atoms with E-state index in [0.29, 0.717) is 0 Å². The first-order valence-corrected chi connectivity index (χ1v) is 7.41. The second kappa shape index (κ2) is 7.13. The lowest BCUT2D eigenvalue weighted by atomic mass is 10.1. The summed E-state index contributed by atoms with van der Waals surface area (Å²) >= 11 is 0. The Labute approximate surface area is 116 Å². The molecule has 102 valence electrons. The third-order valence-corrected chi connectivity index (χ3v) is 3.57. The van der Waals surface area contributed by atoms with Gasteiger partial charge in [-0.25, -0.2) is 0 Å². The molecule has 0 bridgehead atoms. The number of nitrogens with one attached hydrogen (secondary N) is 1. The van der Waals surface area contributed by atoms with Gasteiger partial charge in [-0.15, -0.1) is 0 Å². The highest BCUT2D eigenvalue weighted by molar-refractivity contribution is 5.93. The molecular weight excluding hydrogens is 232 g/mol. The zero-order chi connectivity index (χ0) is 13.5. The molecule has 0 amide bonds. The summed E-state index contributed by atoms with van der Waals surface area (Å²) in [5.41, 5.74) is 3.56. The molecule has 0 atom stereocenters. The number of benzene rings is 1. The van der Waals surface area contributed by atoms with Gasteiger partial charge in [0.1, 0.15) is 0 Å². The van der Waals surface area contributed by atoms with Crippen molar-refractivity contribution in [2.75, 3.05) is 11.9 Å². The van der Waals surface area contributed by atoms with Gasteiger partial charge in [0.15, 0.2) is 0 Å². The van der Waals surface area contributed by atoms with Crippen molar-refractivity contribution in [3.8, 4) is 0 Å². The Balaban J connectivity index is 1.96. The third-order valence-electron chi connectivity index (χ3n) is 3.57. The lowest BCUT2D eigenvalue weighted by Crippen LogP contribution is -2.02.